The summed E-state index contributed by atoms with van der Waals surface area (Å²) in [6.07, 6.45) is 1.56. The Morgan fingerprint density at radius 2 is 2.19 bits per heavy atom. The maximum absolute atomic E-state index is 11.8. The number of ether oxygens (including phenoxy) is 1. The molecule has 16 heavy (non-hydrogen) atoms. The standard InChI is InChI=1S/C11H14N2O3/c1-8-6-9(4-5-12-8)11(15)13(2)7-10(14)16-3/h4-6H,7H2,1-3H3. The van der Waals surface area contributed by atoms with Gasteiger partial charge in [0.1, 0.15) is 6.54 Å². The van der Waals surface area contributed by atoms with E-state index in [0.29, 0.717) is 5.56 Å². The van der Waals surface area contributed by atoms with Crippen molar-refractivity contribution in [2.24, 2.45) is 0 Å². The van der Waals surface area contributed by atoms with Crippen LogP contribution in [0.2, 0.25) is 0 Å². The predicted octanol–water partition coefficient (Wildman–Crippen LogP) is 0.635. The predicted molar refractivity (Wildman–Crippen MR) is 58.0 cm³/mol. The molecule has 0 aromatic carbocycles. The first-order valence-electron chi connectivity index (χ1n) is 4.79. The second-order valence-electron chi connectivity index (χ2n) is 3.42. The van der Waals surface area contributed by atoms with Crippen LogP contribution in [0, 0.1) is 6.92 Å². The van der Waals surface area contributed by atoms with Crippen LogP contribution >= 0.6 is 0 Å². The number of aryl methyl sites for hydroxylation is 1. The number of pyridine rings is 1. The summed E-state index contributed by atoms with van der Waals surface area (Å²) in [5, 5.41) is 0. The van der Waals surface area contributed by atoms with Crippen LogP contribution in [0.15, 0.2) is 18.3 Å². The molecule has 0 saturated heterocycles. The van der Waals surface area contributed by atoms with Crippen molar-refractivity contribution in [2.45, 2.75) is 6.92 Å². The molecule has 0 N–H and O–H groups in total. The average molecular weight is 222 g/mol. The number of carbonyl (C=O) groups excluding carboxylic acids is 2. The number of rotatable bonds is 3. The summed E-state index contributed by atoms with van der Waals surface area (Å²) in [6, 6.07) is 3.29. The first-order chi connectivity index (χ1) is 7.54. The Morgan fingerprint density at radius 3 is 2.75 bits per heavy atom. The van der Waals surface area contributed by atoms with Gasteiger partial charge >= 0.3 is 5.97 Å². The molecule has 0 aliphatic rings. The van der Waals surface area contributed by atoms with Gasteiger partial charge in [0.15, 0.2) is 0 Å². The summed E-state index contributed by atoms with van der Waals surface area (Å²) in [5.41, 5.74) is 1.27. The second-order valence-corrected chi connectivity index (χ2v) is 3.42. The third kappa shape index (κ3) is 3.05. The van der Waals surface area contributed by atoms with E-state index in [1.165, 1.54) is 12.0 Å². The first kappa shape index (κ1) is 12.2. The molecule has 0 atom stereocenters. The van der Waals surface area contributed by atoms with Crippen molar-refractivity contribution in [1.29, 1.82) is 0 Å². The van der Waals surface area contributed by atoms with E-state index in [1.807, 2.05) is 0 Å². The van der Waals surface area contributed by atoms with E-state index in [4.69, 9.17) is 0 Å². The van der Waals surface area contributed by atoms with Crippen molar-refractivity contribution in [2.75, 3.05) is 20.7 Å². The lowest BCUT2D eigenvalue weighted by Crippen LogP contribution is -2.32. The van der Waals surface area contributed by atoms with E-state index in [2.05, 4.69) is 9.72 Å². The van der Waals surface area contributed by atoms with Gasteiger partial charge in [-0.25, -0.2) is 0 Å². The van der Waals surface area contributed by atoms with Crippen LogP contribution in [-0.4, -0.2) is 42.5 Å². The molecule has 1 aromatic heterocycles. The highest BCUT2D eigenvalue weighted by atomic mass is 16.5. The third-order valence-electron chi connectivity index (χ3n) is 2.08. The van der Waals surface area contributed by atoms with Gasteiger partial charge in [-0.3, -0.25) is 14.6 Å². The number of esters is 1. The maximum atomic E-state index is 11.8. The lowest BCUT2D eigenvalue weighted by atomic mass is 10.2. The van der Waals surface area contributed by atoms with Crippen molar-refractivity contribution in [3.8, 4) is 0 Å². The van der Waals surface area contributed by atoms with Crippen LogP contribution in [-0.2, 0) is 9.53 Å². The zero-order valence-electron chi connectivity index (χ0n) is 9.56. The van der Waals surface area contributed by atoms with E-state index < -0.39 is 5.97 Å². The summed E-state index contributed by atoms with van der Waals surface area (Å²) in [7, 11) is 2.84. The fourth-order valence-electron chi connectivity index (χ4n) is 1.23. The maximum Gasteiger partial charge on any atom is 0.325 e. The molecule has 0 spiro atoms. The normalized spacial score (nSPS) is 9.69. The lowest BCUT2D eigenvalue weighted by molar-refractivity contribution is -0.141. The summed E-state index contributed by atoms with van der Waals surface area (Å²) < 4.78 is 4.49. The molecule has 1 rings (SSSR count). The van der Waals surface area contributed by atoms with E-state index in [-0.39, 0.29) is 12.5 Å². The van der Waals surface area contributed by atoms with Gasteiger partial charge < -0.3 is 9.64 Å². The van der Waals surface area contributed by atoms with Crippen molar-refractivity contribution in [1.82, 2.24) is 9.88 Å². The van der Waals surface area contributed by atoms with Crippen molar-refractivity contribution < 1.29 is 14.3 Å². The minimum Gasteiger partial charge on any atom is -0.468 e. The molecule has 5 heteroatoms. The number of hydrogen-bond donors (Lipinski definition) is 0. The highest BCUT2D eigenvalue weighted by molar-refractivity contribution is 5.95. The van der Waals surface area contributed by atoms with Crippen LogP contribution in [0.5, 0.6) is 0 Å². The minimum absolute atomic E-state index is 0.0588. The Balaban J connectivity index is 2.74. The van der Waals surface area contributed by atoms with Gasteiger partial charge in [-0.05, 0) is 19.1 Å². The molecule has 0 fully saturated rings. The molecule has 86 valence electrons. The van der Waals surface area contributed by atoms with E-state index in [9.17, 15) is 9.59 Å². The number of likely N-dealkylation sites (N-methyl/N-ethyl adjacent to an activating group) is 1. The van der Waals surface area contributed by atoms with Crippen LogP contribution in [0.4, 0.5) is 0 Å². The summed E-state index contributed by atoms with van der Waals surface area (Å²) in [4.78, 5) is 28.1. The molecule has 0 saturated carbocycles. The minimum atomic E-state index is -0.443. The van der Waals surface area contributed by atoms with Crippen LogP contribution in [0.25, 0.3) is 0 Å². The third-order valence-corrected chi connectivity index (χ3v) is 2.08. The highest BCUT2D eigenvalue weighted by Gasteiger charge is 2.15. The fraction of sp³-hybridized carbons (Fsp3) is 0.364. The topological polar surface area (TPSA) is 59.5 Å². The van der Waals surface area contributed by atoms with Crippen LogP contribution < -0.4 is 0 Å². The smallest absolute Gasteiger partial charge is 0.325 e. The van der Waals surface area contributed by atoms with Crippen molar-refractivity contribution in [3.05, 3.63) is 29.6 Å². The summed E-state index contributed by atoms with van der Waals surface area (Å²) >= 11 is 0. The number of carbonyl (C=O) groups is 2. The summed E-state index contributed by atoms with van der Waals surface area (Å²) in [6.45, 7) is 1.74. The van der Waals surface area contributed by atoms with Crippen molar-refractivity contribution >= 4 is 11.9 Å². The molecule has 0 bridgehead atoms. The molecule has 1 heterocycles. The number of methoxy groups -OCH3 is 1. The average Bonchev–Trinajstić information content (AvgIpc) is 2.27. The van der Waals surface area contributed by atoms with Gasteiger partial charge in [0.05, 0.1) is 7.11 Å². The number of nitrogens with zero attached hydrogens (tertiary/aromatic N) is 2. The highest BCUT2D eigenvalue weighted by Crippen LogP contribution is 2.04. The van der Waals surface area contributed by atoms with Gasteiger partial charge in [-0.15, -0.1) is 0 Å². The molecule has 1 aromatic rings. The molecule has 0 aliphatic heterocycles. The quantitative estimate of drug-likeness (QED) is 0.704. The molecular formula is C11H14N2O3. The van der Waals surface area contributed by atoms with Crippen molar-refractivity contribution in [3.63, 3.8) is 0 Å². The first-order valence-corrected chi connectivity index (χ1v) is 4.79. The van der Waals surface area contributed by atoms with Gasteiger partial charge in [0.25, 0.3) is 5.91 Å². The Labute approximate surface area is 94.0 Å². The van der Waals surface area contributed by atoms with Gasteiger partial charge in [-0.1, -0.05) is 0 Å². The Kier molecular flexibility index (Phi) is 3.99. The zero-order valence-corrected chi connectivity index (χ0v) is 9.56. The van der Waals surface area contributed by atoms with Crippen LogP contribution in [0.1, 0.15) is 16.1 Å². The second kappa shape index (κ2) is 5.25. The summed E-state index contributed by atoms with van der Waals surface area (Å²) in [5.74, 6) is -0.669. The number of hydrogen-bond acceptors (Lipinski definition) is 4. The van der Waals surface area contributed by atoms with Gasteiger partial charge in [-0.2, -0.15) is 0 Å². The molecule has 0 unspecified atom stereocenters. The Hall–Kier alpha value is -1.91. The monoisotopic (exact) mass is 222 g/mol. The molecule has 5 nitrogen and oxygen atoms in total. The van der Waals surface area contributed by atoms with Gasteiger partial charge in [0.2, 0.25) is 0 Å². The zero-order chi connectivity index (χ0) is 12.1. The molecule has 0 aliphatic carbocycles. The molecule has 0 radical (unpaired) electrons. The SMILES string of the molecule is COC(=O)CN(C)C(=O)c1ccnc(C)c1. The Morgan fingerprint density at radius 1 is 1.50 bits per heavy atom. The van der Waals surface area contributed by atoms with E-state index in [1.54, 1.807) is 32.3 Å². The number of aromatic nitrogens is 1. The van der Waals surface area contributed by atoms with Gasteiger partial charge in [0, 0.05) is 24.5 Å². The largest absolute Gasteiger partial charge is 0.468 e. The molecule has 1 amide bonds. The fourth-order valence-corrected chi connectivity index (χ4v) is 1.23. The van der Waals surface area contributed by atoms with E-state index in [0.717, 1.165) is 5.69 Å². The van der Waals surface area contributed by atoms with E-state index >= 15 is 0 Å². The Bertz CT molecular complexity index is 404. The van der Waals surface area contributed by atoms with Crippen LogP contribution in [0.3, 0.4) is 0 Å². The lowest BCUT2D eigenvalue weighted by Gasteiger charge is -2.15. The number of amides is 1. The molecular weight excluding hydrogens is 208 g/mol.